The first-order valence-electron chi connectivity index (χ1n) is 4.95. The lowest BCUT2D eigenvalue weighted by Crippen LogP contribution is -2.41. The molecule has 0 radical (unpaired) electrons. The van der Waals surface area contributed by atoms with Crippen LogP contribution in [-0.2, 0) is 0 Å². The van der Waals surface area contributed by atoms with Gasteiger partial charge in [0, 0.05) is 19.6 Å². The molecule has 1 saturated carbocycles. The molecule has 2 rings (SSSR count). The lowest BCUT2D eigenvalue weighted by Gasteiger charge is -2.37. The third-order valence-electron chi connectivity index (χ3n) is 3.08. The highest BCUT2D eigenvalue weighted by molar-refractivity contribution is 5.76. The molecule has 4 heteroatoms. The van der Waals surface area contributed by atoms with E-state index in [4.69, 9.17) is 0 Å². The Morgan fingerprint density at radius 2 is 2.31 bits per heavy atom. The molecule has 2 aliphatic rings. The van der Waals surface area contributed by atoms with E-state index in [2.05, 4.69) is 5.32 Å². The van der Waals surface area contributed by atoms with Gasteiger partial charge >= 0.3 is 6.03 Å². The summed E-state index contributed by atoms with van der Waals surface area (Å²) in [5.74, 6) is 0. The van der Waals surface area contributed by atoms with Crippen molar-refractivity contribution in [2.45, 2.75) is 31.3 Å². The molecule has 1 aliphatic carbocycles. The predicted molar refractivity (Wildman–Crippen MR) is 48.4 cm³/mol. The van der Waals surface area contributed by atoms with E-state index in [1.165, 1.54) is 0 Å². The minimum Gasteiger partial charge on any atom is -0.390 e. The summed E-state index contributed by atoms with van der Waals surface area (Å²) in [6.45, 7) is 2.23. The van der Waals surface area contributed by atoms with E-state index in [1.54, 1.807) is 4.90 Å². The zero-order valence-electron chi connectivity index (χ0n) is 7.75. The van der Waals surface area contributed by atoms with Crippen molar-refractivity contribution >= 4 is 6.03 Å². The van der Waals surface area contributed by atoms with Gasteiger partial charge in [0.15, 0.2) is 0 Å². The summed E-state index contributed by atoms with van der Waals surface area (Å²) in [6.07, 6.45) is 3.67. The van der Waals surface area contributed by atoms with Crippen LogP contribution in [0.15, 0.2) is 0 Å². The van der Waals surface area contributed by atoms with E-state index in [0.29, 0.717) is 6.54 Å². The maximum atomic E-state index is 11.1. The summed E-state index contributed by atoms with van der Waals surface area (Å²) in [4.78, 5) is 12.9. The van der Waals surface area contributed by atoms with Crippen LogP contribution >= 0.6 is 0 Å². The lowest BCUT2D eigenvalue weighted by molar-refractivity contribution is -0.0434. The second kappa shape index (κ2) is 3.18. The van der Waals surface area contributed by atoms with Crippen LogP contribution in [0, 0.1) is 0 Å². The van der Waals surface area contributed by atoms with Gasteiger partial charge in [-0.3, -0.25) is 0 Å². The maximum absolute atomic E-state index is 11.1. The molecular formula is C9H16N2O2. The van der Waals surface area contributed by atoms with Crippen molar-refractivity contribution in [3.05, 3.63) is 0 Å². The van der Waals surface area contributed by atoms with Gasteiger partial charge in [-0.1, -0.05) is 0 Å². The van der Waals surface area contributed by atoms with Crippen LogP contribution in [0.25, 0.3) is 0 Å². The summed E-state index contributed by atoms with van der Waals surface area (Å²) in [6, 6.07) is 0.0166. The van der Waals surface area contributed by atoms with Crippen LogP contribution in [-0.4, -0.2) is 41.3 Å². The van der Waals surface area contributed by atoms with Gasteiger partial charge in [-0.05, 0) is 25.7 Å². The Morgan fingerprint density at radius 3 is 2.77 bits per heavy atom. The monoisotopic (exact) mass is 184 g/mol. The SMILES string of the molecule is O=C1NCCN1CCC1(O)CCC1. The van der Waals surface area contributed by atoms with Crippen molar-refractivity contribution in [3.63, 3.8) is 0 Å². The van der Waals surface area contributed by atoms with Crippen LogP contribution in [0.3, 0.4) is 0 Å². The van der Waals surface area contributed by atoms with Crippen LogP contribution in [0.4, 0.5) is 4.79 Å². The number of rotatable bonds is 3. The minimum absolute atomic E-state index is 0.0166. The van der Waals surface area contributed by atoms with E-state index in [9.17, 15) is 9.90 Å². The van der Waals surface area contributed by atoms with E-state index in [1.807, 2.05) is 0 Å². The number of carbonyl (C=O) groups excluding carboxylic acids is 1. The van der Waals surface area contributed by atoms with E-state index in [-0.39, 0.29) is 6.03 Å². The molecule has 2 N–H and O–H groups in total. The summed E-state index contributed by atoms with van der Waals surface area (Å²) in [5.41, 5.74) is -0.455. The Bertz CT molecular complexity index is 214. The summed E-state index contributed by atoms with van der Waals surface area (Å²) >= 11 is 0. The third kappa shape index (κ3) is 1.77. The molecule has 0 aromatic carbocycles. The smallest absolute Gasteiger partial charge is 0.317 e. The number of urea groups is 1. The number of nitrogens with one attached hydrogen (secondary N) is 1. The molecule has 0 atom stereocenters. The molecule has 0 unspecified atom stereocenters. The molecule has 74 valence electrons. The molecular weight excluding hydrogens is 168 g/mol. The molecule has 2 fully saturated rings. The van der Waals surface area contributed by atoms with Crippen molar-refractivity contribution < 1.29 is 9.90 Å². The molecule has 0 spiro atoms. The fourth-order valence-corrected chi connectivity index (χ4v) is 1.90. The number of hydrogen-bond acceptors (Lipinski definition) is 2. The normalized spacial score (nSPS) is 25.6. The summed E-state index contributed by atoms with van der Waals surface area (Å²) in [7, 11) is 0. The number of carbonyl (C=O) groups is 1. The Morgan fingerprint density at radius 1 is 1.54 bits per heavy atom. The van der Waals surface area contributed by atoms with Gasteiger partial charge in [-0.2, -0.15) is 0 Å². The van der Waals surface area contributed by atoms with Gasteiger partial charge in [0.2, 0.25) is 0 Å². The molecule has 0 bridgehead atoms. The highest BCUT2D eigenvalue weighted by Crippen LogP contribution is 2.34. The van der Waals surface area contributed by atoms with Crippen LogP contribution in [0.2, 0.25) is 0 Å². The van der Waals surface area contributed by atoms with E-state index < -0.39 is 5.60 Å². The molecule has 1 aliphatic heterocycles. The molecule has 1 saturated heterocycles. The van der Waals surface area contributed by atoms with Gasteiger partial charge in [0.1, 0.15) is 0 Å². The Kier molecular flexibility index (Phi) is 2.15. The number of hydrogen-bond donors (Lipinski definition) is 2. The molecule has 1 heterocycles. The third-order valence-corrected chi connectivity index (χ3v) is 3.08. The predicted octanol–water partition coefficient (Wildman–Crippen LogP) is 0.317. The highest BCUT2D eigenvalue weighted by atomic mass is 16.3. The average Bonchev–Trinajstić information content (AvgIpc) is 2.44. The van der Waals surface area contributed by atoms with Crippen molar-refractivity contribution in [3.8, 4) is 0 Å². The molecule has 4 nitrogen and oxygen atoms in total. The second-order valence-electron chi connectivity index (χ2n) is 4.05. The van der Waals surface area contributed by atoms with Crippen LogP contribution < -0.4 is 5.32 Å². The fraction of sp³-hybridized carbons (Fsp3) is 0.889. The Balaban J connectivity index is 1.75. The topological polar surface area (TPSA) is 52.6 Å². The Labute approximate surface area is 77.9 Å². The van der Waals surface area contributed by atoms with Crippen molar-refractivity contribution in [1.82, 2.24) is 10.2 Å². The molecule has 13 heavy (non-hydrogen) atoms. The lowest BCUT2D eigenvalue weighted by atomic mass is 9.78. The van der Waals surface area contributed by atoms with Gasteiger partial charge in [0.05, 0.1) is 5.60 Å². The first-order valence-corrected chi connectivity index (χ1v) is 4.95. The quantitative estimate of drug-likeness (QED) is 0.663. The van der Waals surface area contributed by atoms with Crippen molar-refractivity contribution in [2.24, 2.45) is 0 Å². The van der Waals surface area contributed by atoms with Gasteiger partial charge in [-0.15, -0.1) is 0 Å². The number of nitrogens with zero attached hydrogens (tertiary/aromatic N) is 1. The van der Waals surface area contributed by atoms with Gasteiger partial charge in [0.25, 0.3) is 0 Å². The number of amides is 2. The largest absolute Gasteiger partial charge is 0.390 e. The van der Waals surface area contributed by atoms with Gasteiger partial charge < -0.3 is 15.3 Å². The van der Waals surface area contributed by atoms with Crippen LogP contribution in [0.5, 0.6) is 0 Å². The maximum Gasteiger partial charge on any atom is 0.317 e. The zero-order valence-corrected chi connectivity index (χ0v) is 7.75. The first kappa shape index (κ1) is 8.81. The zero-order chi connectivity index (χ0) is 9.31. The fourth-order valence-electron chi connectivity index (χ4n) is 1.90. The number of aliphatic hydroxyl groups is 1. The van der Waals surface area contributed by atoms with Gasteiger partial charge in [-0.25, -0.2) is 4.79 Å². The standard InChI is InChI=1S/C9H16N2O2/c12-8-10-5-7-11(8)6-4-9(13)2-1-3-9/h13H,1-7H2,(H,10,12). The van der Waals surface area contributed by atoms with Crippen molar-refractivity contribution in [2.75, 3.05) is 19.6 Å². The highest BCUT2D eigenvalue weighted by Gasteiger charge is 2.35. The van der Waals surface area contributed by atoms with Crippen molar-refractivity contribution in [1.29, 1.82) is 0 Å². The summed E-state index contributed by atoms with van der Waals surface area (Å²) in [5, 5.41) is 12.5. The van der Waals surface area contributed by atoms with E-state index >= 15 is 0 Å². The second-order valence-corrected chi connectivity index (χ2v) is 4.05. The van der Waals surface area contributed by atoms with E-state index in [0.717, 1.165) is 38.8 Å². The molecule has 0 aromatic heterocycles. The molecule has 2 amide bonds. The average molecular weight is 184 g/mol. The Hall–Kier alpha value is -0.770. The van der Waals surface area contributed by atoms with Crippen LogP contribution in [0.1, 0.15) is 25.7 Å². The molecule has 0 aromatic rings. The minimum atomic E-state index is -0.455. The first-order chi connectivity index (χ1) is 6.20. The summed E-state index contributed by atoms with van der Waals surface area (Å²) < 4.78 is 0.